The molecule has 6 nitrogen and oxygen atoms in total. The number of β-amino-alcohol motifs (C(OH)–C–C–N with tert-alkyl or cyclic N) is 1. The standard InChI is InChI=1S/C14H16BrNO5/c15-10-5-13-12(20-1-2-21-13)3-8(10)6-16-7-9(17)4-11(16)14(18)19/h3,5,9,11,17H,1-2,4,6-7H2,(H,18,19). The molecule has 2 aliphatic rings. The minimum Gasteiger partial charge on any atom is -0.486 e. The normalized spacial score (nSPS) is 25.0. The van der Waals surface area contributed by atoms with Crippen LogP contribution in [0.2, 0.25) is 0 Å². The van der Waals surface area contributed by atoms with Crippen LogP contribution in [0.1, 0.15) is 12.0 Å². The summed E-state index contributed by atoms with van der Waals surface area (Å²) in [6, 6.07) is 3.05. The minimum absolute atomic E-state index is 0.261. The number of aliphatic carboxylic acids is 1. The van der Waals surface area contributed by atoms with Gasteiger partial charge in [0.15, 0.2) is 11.5 Å². The number of carbonyl (C=O) groups is 1. The van der Waals surface area contributed by atoms with Crippen molar-refractivity contribution in [2.45, 2.75) is 25.1 Å². The van der Waals surface area contributed by atoms with Crippen molar-refractivity contribution >= 4 is 21.9 Å². The second-order valence-electron chi connectivity index (χ2n) is 5.26. The summed E-state index contributed by atoms with van der Waals surface area (Å²) in [5, 5.41) is 18.9. The van der Waals surface area contributed by atoms with Crippen LogP contribution < -0.4 is 9.47 Å². The van der Waals surface area contributed by atoms with E-state index < -0.39 is 18.1 Å². The number of likely N-dealkylation sites (tertiary alicyclic amines) is 1. The molecule has 1 saturated heterocycles. The number of nitrogens with zero attached hydrogens (tertiary/aromatic N) is 1. The van der Waals surface area contributed by atoms with Crippen LogP contribution in [0.4, 0.5) is 0 Å². The molecule has 0 saturated carbocycles. The lowest BCUT2D eigenvalue weighted by atomic mass is 10.1. The zero-order valence-electron chi connectivity index (χ0n) is 11.3. The van der Waals surface area contributed by atoms with Crippen molar-refractivity contribution < 1.29 is 24.5 Å². The molecule has 1 aromatic carbocycles. The molecule has 2 unspecified atom stereocenters. The molecule has 0 aromatic heterocycles. The average molecular weight is 358 g/mol. The van der Waals surface area contributed by atoms with Gasteiger partial charge in [-0.3, -0.25) is 9.69 Å². The molecule has 1 aromatic rings. The van der Waals surface area contributed by atoms with E-state index in [1.54, 1.807) is 4.90 Å². The first-order valence-corrected chi connectivity index (χ1v) is 7.57. The lowest BCUT2D eigenvalue weighted by Crippen LogP contribution is -2.35. The summed E-state index contributed by atoms with van der Waals surface area (Å²) < 4.78 is 11.9. The van der Waals surface area contributed by atoms with Gasteiger partial charge >= 0.3 is 5.97 Å². The molecule has 7 heteroatoms. The predicted octanol–water partition coefficient (Wildman–Crippen LogP) is 1.24. The molecule has 2 atom stereocenters. The lowest BCUT2D eigenvalue weighted by molar-refractivity contribution is -0.142. The minimum atomic E-state index is -0.903. The van der Waals surface area contributed by atoms with E-state index in [-0.39, 0.29) is 6.42 Å². The third kappa shape index (κ3) is 3.00. The third-order valence-corrected chi connectivity index (χ3v) is 4.49. The second kappa shape index (κ2) is 5.82. The highest BCUT2D eigenvalue weighted by Gasteiger charge is 2.36. The molecule has 3 rings (SSSR count). The van der Waals surface area contributed by atoms with Gasteiger partial charge in [-0.15, -0.1) is 0 Å². The SMILES string of the molecule is O=C(O)C1CC(O)CN1Cc1cc2c(cc1Br)OCCO2. The van der Waals surface area contributed by atoms with Crippen molar-refractivity contribution in [2.24, 2.45) is 0 Å². The van der Waals surface area contributed by atoms with Crippen LogP contribution in [-0.4, -0.2) is 53.0 Å². The molecular formula is C14H16BrNO5. The molecular weight excluding hydrogens is 342 g/mol. The van der Waals surface area contributed by atoms with Gasteiger partial charge in [-0.2, -0.15) is 0 Å². The number of carboxylic acids is 1. The van der Waals surface area contributed by atoms with Crippen LogP contribution in [0, 0.1) is 0 Å². The number of carboxylic acid groups (broad SMARTS) is 1. The molecule has 2 heterocycles. The zero-order valence-corrected chi connectivity index (χ0v) is 12.9. The van der Waals surface area contributed by atoms with Gasteiger partial charge in [0, 0.05) is 24.0 Å². The van der Waals surface area contributed by atoms with Crippen molar-refractivity contribution in [3.05, 3.63) is 22.2 Å². The van der Waals surface area contributed by atoms with Gasteiger partial charge < -0.3 is 19.7 Å². The average Bonchev–Trinajstić information content (AvgIpc) is 2.81. The number of aliphatic hydroxyl groups excluding tert-OH is 1. The third-order valence-electron chi connectivity index (χ3n) is 3.75. The Morgan fingerprint density at radius 3 is 2.67 bits per heavy atom. The van der Waals surface area contributed by atoms with Crippen LogP contribution in [0.5, 0.6) is 11.5 Å². The van der Waals surface area contributed by atoms with E-state index in [0.29, 0.717) is 37.8 Å². The van der Waals surface area contributed by atoms with Gasteiger partial charge in [0.2, 0.25) is 0 Å². The number of benzene rings is 1. The van der Waals surface area contributed by atoms with E-state index >= 15 is 0 Å². The molecule has 114 valence electrons. The Kier molecular flexibility index (Phi) is 4.05. The summed E-state index contributed by atoms with van der Waals surface area (Å²) in [5.41, 5.74) is 0.916. The van der Waals surface area contributed by atoms with E-state index in [1.165, 1.54) is 0 Å². The van der Waals surface area contributed by atoms with Crippen LogP contribution in [0.15, 0.2) is 16.6 Å². The van der Waals surface area contributed by atoms with Gasteiger partial charge in [-0.25, -0.2) is 0 Å². The molecule has 1 fully saturated rings. The molecule has 21 heavy (non-hydrogen) atoms. The molecule has 0 spiro atoms. The number of halogens is 1. The summed E-state index contributed by atoms with van der Waals surface area (Å²) >= 11 is 3.48. The Balaban J connectivity index is 1.82. The maximum atomic E-state index is 11.3. The van der Waals surface area contributed by atoms with E-state index in [0.717, 1.165) is 10.0 Å². The number of aliphatic hydroxyl groups is 1. The molecule has 0 amide bonds. The molecule has 0 aliphatic carbocycles. The van der Waals surface area contributed by atoms with E-state index in [1.807, 2.05) is 12.1 Å². The van der Waals surface area contributed by atoms with Crippen molar-refractivity contribution in [1.82, 2.24) is 4.90 Å². The summed E-state index contributed by atoms with van der Waals surface area (Å²) in [4.78, 5) is 13.0. The smallest absolute Gasteiger partial charge is 0.321 e. The predicted molar refractivity (Wildman–Crippen MR) is 77.6 cm³/mol. The van der Waals surface area contributed by atoms with E-state index in [2.05, 4.69) is 15.9 Å². The van der Waals surface area contributed by atoms with Crippen LogP contribution in [0.25, 0.3) is 0 Å². The summed E-state index contributed by atoms with van der Waals surface area (Å²) in [5.74, 6) is 0.458. The van der Waals surface area contributed by atoms with Gasteiger partial charge in [0.1, 0.15) is 19.3 Å². The lowest BCUT2D eigenvalue weighted by Gasteiger charge is -2.24. The maximum Gasteiger partial charge on any atom is 0.321 e. The van der Waals surface area contributed by atoms with Crippen LogP contribution >= 0.6 is 15.9 Å². The fourth-order valence-corrected chi connectivity index (χ4v) is 3.20. The van der Waals surface area contributed by atoms with Gasteiger partial charge in [-0.1, -0.05) is 15.9 Å². The Morgan fingerprint density at radius 1 is 1.33 bits per heavy atom. The van der Waals surface area contributed by atoms with Crippen molar-refractivity contribution in [3.63, 3.8) is 0 Å². The highest BCUT2D eigenvalue weighted by molar-refractivity contribution is 9.10. The van der Waals surface area contributed by atoms with Gasteiger partial charge in [-0.05, 0) is 17.7 Å². The summed E-state index contributed by atoms with van der Waals surface area (Å²) in [6.45, 7) is 1.83. The Bertz CT molecular complexity index is 565. The van der Waals surface area contributed by atoms with Crippen molar-refractivity contribution in [1.29, 1.82) is 0 Å². The first-order chi connectivity index (χ1) is 10.0. The van der Waals surface area contributed by atoms with Crippen molar-refractivity contribution in [2.75, 3.05) is 19.8 Å². The fraction of sp³-hybridized carbons (Fsp3) is 0.500. The molecule has 2 N–H and O–H groups in total. The molecule has 0 bridgehead atoms. The summed E-state index contributed by atoms with van der Waals surface area (Å²) in [6.07, 6.45) is -0.334. The highest BCUT2D eigenvalue weighted by Crippen LogP contribution is 2.36. The second-order valence-corrected chi connectivity index (χ2v) is 6.11. The first kappa shape index (κ1) is 14.6. The van der Waals surface area contributed by atoms with Gasteiger partial charge in [0.05, 0.1) is 6.10 Å². The highest BCUT2D eigenvalue weighted by atomic mass is 79.9. The Labute approximate surface area is 130 Å². The number of hydrogen-bond donors (Lipinski definition) is 2. The number of rotatable bonds is 3. The quantitative estimate of drug-likeness (QED) is 0.847. The molecule has 2 aliphatic heterocycles. The topological polar surface area (TPSA) is 79.2 Å². The van der Waals surface area contributed by atoms with Crippen LogP contribution in [0.3, 0.4) is 0 Å². The van der Waals surface area contributed by atoms with Gasteiger partial charge in [0.25, 0.3) is 0 Å². The maximum absolute atomic E-state index is 11.3. The van der Waals surface area contributed by atoms with Crippen LogP contribution in [-0.2, 0) is 11.3 Å². The van der Waals surface area contributed by atoms with E-state index in [9.17, 15) is 15.0 Å². The fourth-order valence-electron chi connectivity index (χ4n) is 2.76. The van der Waals surface area contributed by atoms with E-state index in [4.69, 9.17) is 9.47 Å². The Hall–Kier alpha value is -1.31. The summed E-state index contributed by atoms with van der Waals surface area (Å²) in [7, 11) is 0. The Morgan fingerprint density at radius 2 is 2.00 bits per heavy atom. The zero-order chi connectivity index (χ0) is 15.0. The largest absolute Gasteiger partial charge is 0.486 e. The molecule has 0 radical (unpaired) electrons. The number of ether oxygens (including phenoxy) is 2. The van der Waals surface area contributed by atoms with Crippen molar-refractivity contribution in [3.8, 4) is 11.5 Å². The number of hydrogen-bond acceptors (Lipinski definition) is 5. The number of fused-ring (bicyclic) bond motifs is 1. The monoisotopic (exact) mass is 357 g/mol. The first-order valence-electron chi connectivity index (χ1n) is 6.77.